The first-order valence-electron chi connectivity index (χ1n) is 6.92. The lowest BCUT2D eigenvalue weighted by atomic mass is 9.78. The van der Waals surface area contributed by atoms with Gasteiger partial charge in [-0.3, -0.25) is 19.7 Å². The maximum atomic E-state index is 12.7. The molecule has 2 bridgehead atoms. The minimum absolute atomic E-state index is 0.0277. The van der Waals surface area contributed by atoms with Gasteiger partial charge in [-0.05, 0) is 13.0 Å². The lowest BCUT2D eigenvalue weighted by Crippen LogP contribution is -2.38. The summed E-state index contributed by atoms with van der Waals surface area (Å²) in [4.78, 5) is 36.9. The molecule has 0 radical (unpaired) electrons. The van der Waals surface area contributed by atoms with E-state index < -0.39 is 40.3 Å². The fourth-order valence-corrected chi connectivity index (χ4v) is 3.70. The molecular formula is C15H12N2O5. The van der Waals surface area contributed by atoms with Gasteiger partial charge < -0.3 is 4.74 Å². The number of carbonyl (C=O) groups is 2. The number of imide groups is 1. The van der Waals surface area contributed by atoms with Crippen molar-refractivity contribution in [3.8, 4) is 0 Å². The van der Waals surface area contributed by atoms with Gasteiger partial charge in [-0.25, -0.2) is 4.90 Å². The van der Waals surface area contributed by atoms with Gasteiger partial charge in [0.15, 0.2) is 0 Å². The molecule has 4 rings (SSSR count). The highest BCUT2D eigenvalue weighted by atomic mass is 16.6. The van der Waals surface area contributed by atoms with Crippen LogP contribution < -0.4 is 4.90 Å². The van der Waals surface area contributed by atoms with Crippen LogP contribution in [0.25, 0.3) is 0 Å². The molecule has 2 fully saturated rings. The normalized spacial score (nSPS) is 35.3. The number of anilines is 1. The summed E-state index contributed by atoms with van der Waals surface area (Å²) in [7, 11) is 0. The van der Waals surface area contributed by atoms with Gasteiger partial charge in [-0.15, -0.1) is 0 Å². The molecule has 1 aromatic carbocycles. The quantitative estimate of drug-likeness (QED) is 0.357. The van der Waals surface area contributed by atoms with E-state index in [1.165, 1.54) is 18.2 Å². The largest absolute Gasteiger partial charge is 0.362 e. The van der Waals surface area contributed by atoms with Crippen molar-refractivity contribution in [2.24, 2.45) is 11.8 Å². The highest BCUT2D eigenvalue weighted by molar-refractivity contribution is 6.24. The van der Waals surface area contributed by atoms with Gasteiger partial charge in [-0.2, -0.15) is 0 Å². The number of fused-ring (bicyclic) bond motifs is 5. The Balaban J connectivity index is 1.82. The first-order valence-corrected chi connectivity index (χ1v) is 6.92. The van der Waals surface area contributed by atoms with E-state index in [4.69, 9.17) is 4.74 Å². The Labute approximate surface area is 125 Å². The number of ether oxygens (including phenoxy) is 1. The van der Waals surface area contributed by atoms with Crippen LogP contribution in [0, 0.1) is 22.0 Å². The molecule has 0 N–H and O–H groups in total. The number of nitro groups is 1. The summed E-state index contributed by atoms with van der Waals surface area (Å²) in [6.45, 7) is 1.77. The van der Waals surface area contributed by atoms with Gasteiger partial charge >= 0.3 is 0 Å². The SMILES string of the molecule is CC12C=CC(O1)C1C(=O)N(c3ccccc3[N+](=O)[O-])C(=O)C12. The molecular weight excluding hydrogens is 288 g/mol. The Morgan fingerprint density at radius 2 is 2.00 bits per heavy atom. The highest BCUT2D eigenvalue weighted by Crippen LogP contribution is 2.52. The fourth-order valence-electron chi connectivity index (χ4n) is 3.70. The van der Waals surface area contributed by atoms with Crippen LogP contribution in [0.15, 0.2) is 36.4 Å². The lowest BCUT2D eigenvalue weighted by Gasteiger charge is -2.23. The number of hydrogen-bond acceptors (Lipinski definition) is 5. The second kappa shape index (κ2) is 4.01. The summed E-state index contributed by atoms with van der Waals surface area (Å²) < 4.78 is 5.72. The number of para-hydroxylation sites is 2. The number of nitro benzene ring substituents is 1. The van der Waals surface area contributed by atoms with Crippen molar-refractivity contribution in [1.82, 2.24) is 0 Å². The van der Waals surface area contributed by atoms with Gasteiger partial charge in [0.2, 0.25) is 11.8 Å². The average Bonchev–Trinajstić information content (AvgIpc) is 3.08. The molecule has 3 aliphatic heterocycles. The van der Waals surface area contributed by atoms with Crippen LogP contribution in [-0.4, -0.2) is 28.4 Å². The third kappa shape index (κ3) is 1.43. The monoisotopic (exact) mass is 300 g/mol. The molecule has 1 aromatic rings. The highest BCUT2D eigenvalue weighted by Gasteiger charge is 2.66. The first kappa shape index (κ1) is 13.1. The number of benzene rings is 1. The maximum Gasteiger partial charge on any atom is 0.293 e. The molecule has 0 aliphatic carbocycles. The molecule has 4 unspecified atom stereocenters. The van der Waals surface area contributed by atoms with E-state index >= 15 is 0 Å². The number of amides is 2. The second-order valence-electron chi connectivity index (χ2n) is 5.89. The fraction of sp³-hybridized carbons (Fsp3) is 0.333. The van der Waals surface area contributed by atoms with E-state index in [1.807, 2.05) is 0 Å². The third-order valence-electron chi connectivity index (χ3n) is 4.65. The summed E-state index contributed by atoms with van der Waals surface area (Å²) in [5.41, 5.74) is -1.03. The number of nitrogens with zero attached hydrogens (tertiary/aromatic N) is 2. The molecule has 0 saturated carbocycles. The van der Waals surface area contributed by atoms with E-state index in [2.05, 4.69) is 0 Å². The summed E-state index contributed by atoms with van der Waals surface area (Å²) in [5.74, 6) is -2.07. The average molecular weight is 300 g/mol. The van der Waals surface area contributed by atoms with Gasteiger partial charge in [0, 0.05) is 6.07 Å². The molecule has 2 saturated heterocycles. The molecule has 7 heteroatoms. The van der Waals surface area contributed by atoms with Gasteiger partial charge in [0.05, 0.1) is 28.5 Å². The van der Waals surface area contributed by atoms with E-state index in [9.17, 15) is 19.7 Å². The zero-order chi connectivity index (χ0) is 15.6. The van der Waals surface area contributed by atoms with Crippen LogP contribution in [0.5, 0.6) is 0 Å². The lowest BCUT2D eigenvalue weighted by molar-refractivity contribution is -0.384. The topological polar surface area (TPSA) is 89.8 Å². The van der Waals surface area contributed by atoms with Crippen LogP contribution in [0.2, 0.25) is 0 Å². The Hall–Kier alpha value is -2.54. The standard InChI is InChI=1S/C15H12N2O5/c1-15-7-6-10(22-15)11-12(15)14(19)16(13(11)18)8-4-2-3-5-9(8)17(20)21/h2-7,10-12H,1H3. The summed E-state index contributed by atoms with van der Waals surface area (Å²) in [5, 5.41) is 11.2. The molecule has 3 heterocycles. The summed E-state index contributed by atoms with van der Waals surface area (Å²) in [6.07, 6.45) is 3.15. The van der Waals surface area contributed by atoms with Crippen molar-refractivity contribution in [3.05, 3.63) is 46.5 Å². The molecule has 22 heavy (non-hydrogen) atoms. The summed E-state index contributed by atoms with van der Waals surface area (Å²) >= 11 is 0. The van der Waals surface area contributed by atoms with Crippen molar-refractivity contribution >= 4 is 23.2 Å². The number of carbonyl (C=O) groups excluding carboxylic acids is 2. The Morgan fingerprint density at radius 1 is 1.27 bits per heavy atom. The Kier molecular flexibility index (Phi) is 2.40. The third-order valence-corrected chi connectivity index (χ3v) is 4.65. The van der Waals surface area contributed by atoms with E-state index in [0.717, 1.165) is 4.90 Å². The van der Waals surface area contributed by atoms with Crippen LogP contribution in [0.3, 0.4) is 0 Å². The van der Waals surface area contributed by atoms with Crippen molar-refractivity contribution in [2.45, 2.75) is 18.6 Å². The van der Waals surface area contributed by atoms with Gasteiger partial charge in [0.1, 0.15) is 5.69 Å². The smallest absolute Gasteiger partial charge is 0.293 e. The number of rotatable bonds is 2. The van der Waals surface area contributed by atoms with Crippen LogP contribution in [0.1, 0.15) is 6.92 Å². The zero-order valence-corrected chi connectivity index (χ0v) is 11.6. The Morgan fingerprint density at radius 3 is 2.68 bits per heavy atom. The van der Waals surface area contributed by atoms with Crippen molar-refractivity contribution in [1.29, 1.82) is 0 Å². The first-order chi connectivity index (χ1) is 10.4. The molecule has 7 nitrogen and oxygen atoms in total. The van der Waals surface area contributed by atoms with Crippen LogP contribution >= 0.6 is 0 Å². The summed E-state index contributed by atoms with van der Waals surface area (Å²) in [6, 6.07) is 5.79. The van der Waals surface area contributed by atoms with Crippen molar-refractivity contribution in [3.63, 3.8) is 0 Å². The van der Waals surface area contributed by atoms with Crippen molar-refractivity contribution in [2.75, 3.05) is 4.90 Å². The molecule has 3 aliphatic rings. The predicted octanol–water partition coefficient (Wildman–Crippen LogP) is 1.43. The van der Waals surface area contributed by atoms with Crippen LogP contribution in [-0.2, 0) is 14.3 Å². The van der Waals surface area contributed by atoms with Crippen molar-refractivity contribution < 1.29 is 19.2 Å². The second-order valence-corrected chi connectivity index (χ2v) is 5.89. The maximum absolute atomic E-state index is 12.7. The Bertz CT molecular complexity index is 758. The zero-order valence-electron chi connectivity index (χ0n) is 11.6. The minimum atomic E-state index is -0.805. The van der Waals surface area contributed by atoms with E-state index in [1.54, 1.807) is 25.1 Å². The number of hydrogen-bond donors (Lipinski definition) is 0. The van der Waals surface area contributed by atoms with Crippen LogP contribution in [0.4, 0.5) is 11.4 Å². The molecule has 2 amide bonds. The van der Waals surface area contributed by atoms with Gasteiger partial charge in [-0.1, -0.05) is 24.3 Å². The molecule has 112 valence electrons. The molecule has 4 atom stereocenters. The van der Waals surface area contributed by atoms with Gasteiger partial charge in [0.25, 0.3) is 5.69 Å². The molecule has 0 spiro atoms. The predicted molar refractivity (Wildman–Crippen MR) is 75.0 cm³/mol. The van der Waals surface area contributed by atoms with E-state index in [-0.39, 0.29) is 11.4 Å². The van der Waals surface area contributed by atoms with E-state index in [0.29, 0.717) is 0 Å². The molecule has 0 aromatic heterocycles. The minimum Gasteiger partial charge on any atom is -0.362 e.